The van der Waals surface area contributed by atoms with Crippen LogP contribution >= 0.6 is 7.82 Å². The van der Waals surface area contributed by atoms with Crippen LogP contribution in [0.5, 0.6) is 0 Å². The number of rotatable bonds is 9. The summed E-state index contributed by atoms with van der Waals surface area (Å²) in [5, 5.41) is 10.7. The van der Waals surface area contributed by atoms with Crippen LogP contribution in [0.4, 0.5) is 10.2 Å². The van der Waals surface area contributed by atoms with Crippen molar-refractivity contribution in [3.05, 3.63) is 57.9 Å². The normalized spacial score (nSPS) is 30.3. The quantitative estimate of drug-likeness (QED) is 0.432. The van der Waals surface area contributed by atoms with Gasteiger partial charge in [0.2, 0.25) is 0 Å². The SMILES string of the molecule is CCCC(OP(=O)(O)OC[C@H]1O[C@@]2(C[C@@H]2n2ccc(N)nc2=O)[C@@H](C)[C@@H]1O)c1cccc(C)c1F. The van der Waals surface area contributed by atoms with Gasteiger partial charge in [0, 0.05) is 24.1 Å². The number of phosphoric acid groups is 1. The molecule has 1 spiro atoms. The van der Waals surface area contributed by atoms with Gasteiger partial charge < -0.3 is 20.5 Å². The van der Waals surface area contributed by atoms with Crippen LogP contribution in [0, 0.1) is 18.7 Å². The van der Waals surface area contributed by atoms with Crippen LogP contribution in [0.25, 0.3) is 0 Å². The summed E-state index contributed by atoms with van der Waals surface area (Å²) in [6, 6.07) is 5.92. The zero-order valence-corrected chi connectivity index (χ0v) is 20.7. The highest BCUT2D eigenvalue weighted by Gasteiger charge is 2.68. The van der Waals surface area contributed by atoms with Crippen molar-refractivity contribution in [3.63, 3.8) is 0 Å². The molecular formula is C23H31FN3O7P. The highest BCUT2D eigenvalue weighted by molar-refractivity contribution is 7.47. The standard InChI is InChI=1S/C23H31FN3O7P/c1-4-6-16(15-8-5-7-13(2)20(15)24)34-35(30,31)32-12-17-21(28)14(3)23(33-17)11-18(23)27-10-9-19(25)26-22(27)29/h5,7-10,14,16-18,21,28H,4,6,11-12H2,1-3H3,(H,30,31)(H2,25,26,29)/t14-,16?,17+,18-,21-,23-/m0/s1. The van der Waals surface area contributed by atoms with Crippen LogP contribution in [0.2, 0.25) is 0 Å². The number of aromatic nitrogens is 2. The summed E-state index contributed by atoms with van der Waals surface area (Å²) in [6.45, 7) is 4.82. The van der Waals surface area contributed by atoms with E-state index in [0.717, 1.165) is 0 Å². The first-order chi connectivity index (χ1) is 16.5. The average Bonchev–Trinajstić information content (AvgIpc) is 3.46. The van der Waals surface area contributed by atoms with Crippen molar-refractivity contribution < 1.29 is 32.7 Å². The van der Waals surface area contributed by atoms with Crippen LogP contribution in [0.15, 0.2) is 35.3 Å². The number of nitrogens with two attached hydrogens (primary N) is 1. The predicted molar refractivity (Wildman–Crippen MR) is 125 cm³/mol. The third-order valence-corrected chi connectivity index (χ3v) is 7.92. The van der Waals surface area contributed by atoms with E-state index in [4.69, 9.17) is 19.5 Å². The topological polar surface area (TPSA) is 146 Å². The molecule has 2 fully saturated rings. The number of phosphoric ester groups is 1. The first-order valence-electron chi connectivity index (χ1n) is 11.6. The third kappa shape index (κ3) is 5.07. The van der Waals surface area contributed by atoms with E-state index in [0.29, 0.717) is 24.8 Å². The average molecular weight is 511 g/mol. The van der Waals surface area contributed by atoms with E-state index in [9.17, 15) is 23.7 Å². The Kier molecular flexibility index (Phi) is 7.21. The number of aryl methyl sites for hydroxylation is 1. The molecule has 1 aliphatic carbocycles. The van der Waals surface area contributed by atoms with Gasteiger partial charge in [-0.3, -0.25) is 13.6 Å². The summed E-state index contributed by atoms with van der Waals surface area (Å²) in [7, 11) is -4.62. The highest BCUT2D eigenvalue weighted by atomic mass is 31.2. The number of hydrogen-bond donors (Lipinski definition) is 3. The van der Waals surface area contributed by atoms with Crippen molar-refractivity contribution in [1.82, 2.24) is 9.55 Å². The number of aliphatic hydroxyl groups excluding tert-OH is 1. The van der Waals surface area contributed by atoms with Gasteiger partial charge in [-0.25, -0.2) is 13.8 Å². The Morgan fingerprint density at radius 2 is 2.17 bits per heavy atom. The van der Waals surface area contributed by atoms with E-state index in [1.807, 2.05) is 6.92 Å². The molecule has 0 amide bonds. The van der Waals surface area contributed by atoms with Gasteiger partial charge in [-0.15, -0.1) is 0 Å². The molecule has 1 aromatic heterocycles. The molecule has 0 radical (unpaired) electrons. The van der Waals surface area contributed by atoms with Gasteiger partial charge in [0.05, 0.1) is 30.5 Å². The summed E-state index contributed by atoms with van der Waals surface area (Å²) >= 11 is 0. The summed E-state index contributed by atoms with van der Waals surface area (Å²) < 4.78 is 45.4. The maximum Gasteiger partial charge on any atom is 0.472 e. The molecule has 192 valence electrons. The molecule has 0 bridgehead atoms. The van der Waals surface area contributed by atoms with Crippen LogP contribution in [-0.4, -0.2) is 44.0 Å². The van der Waals surface area contributed by atoms with Gasteiger partial charge in [0.15, 0.2) is 0 Å². The van der Waals surface area contributed by atoms with Gasteiger partial charge in [-0.1, -0.05) is 38.5 Å². The van der Waals surface area contributed by atoms with E-state index < -0.39 is 49.8 Å². The van der Waals surface area contributed by atoms with Crippen molar-refractivity contribution >= 4 is 13.6 Å². The van der Waals surface area contributed by atoms with Crippen molar-refractivity contribution in [3.8, 4) is 0 Å². The van der Waals surface area contributed by atoms with Gasteiger partial charge in [0.1, 0.15) is 17.7 Å². The molecule has 1 saturated heterocycles. The van der Waals surface area contributed by atoms with Crippen LogP contribution in [-0.2, 0) is 18.3 Å². The fourth-order valence-corrected chi connectivity index (χ4v) is 5.80. The number of aliphatic hydroxyl groups is 1. The zero-order chi connectivity index (χ0) is 25.5. The Labute approximate surface area is 202 Å². The van der Waals surface area contributed by atoms with Crippen LogP contribution in [0.1, 0.15) is 56.4 Å². The number of halogens is 1. The van der Waals surface area contributed by atoms with E-state index in [1.54, 1.807) is 26.0 Å². The number of nitrogen functional groups attached to an aromatic ring is 1. The number of benzene rings is 1. The molecule has 12 heteroatoms. The smallest absolute Gasteiger partial charge is 0.390 e. The molecule has 2 aromatic rings. The van der Waals surface area contributed by atoms with Gasteiger partial charge >= 0.3 is 13.5 Å². The summed E-state index contributed by atoms with van der Waals surface area (Å²) in [4.78, 5) is 26.3. The predicted octanol–water partition coefficient (Wildman–Crippen LogP) is 3.03. The fourth-order valence-electron chi connectivity index (χ4n) is 4.86. The van der Waals surface area contributed by atoms with E-state index in [-0.39, 0.29) is 23.3 Å². The molecule has 7 atom stereocenters. The van der Waals surface area contributed by atoms with Gasteiger partial charge in [-0.2, -0.15) is 4.98 Å². The third-order valence-electron chi connectivity index (χ3n) is 6.92. The number of anilines is 1. The lowest BCUT2D eigenvalue weighted by atomic mass is 9.96. The Balaban J connectivity index is 1.42. The molecule has 1 aliphatic heterocycles. The zero-order valence-electron chi connectivity index (χ0n) is 19.8. The lowest BCUT2D eigenvalue weighted by Gasteiger charge is -2.23. The summed E-state index contributed by atoms with van der Waals surface area (Å²) in [6.07, 6.45) is -0.00858. The molecule has 2 aliphatic rings. The summed E-state index contributed by atoms with van der Waals surface area (Å²) in [5.41, 5.74) is 4.79. The van der Waals surface area contributed by atoms with Crippen molar-refractivity contribution in [2.24, 2.45) is 5.92 Å². The van der Waals surface area contributed by atoms with E-state index in [1.165, 1.54) is 22.9 Å². The minimum atomic E-state index is -4.62. The minimum Gasteiger partial charge on any atom is -0.390 e. The largest absolute Gasteiger partial charge is 0.472 e. The first kappa shape index (κ1) is 25.9. The molecule has 35 heavy (non-hydrogen) atoms. The molecular weight excluding hydrogens is 480 g/mol. The van der Waals surface area contributed by atoms with Crippen LogP contribution < -0.4 is 11.4 Å². The molecule has 10 nitrogen and oxygen atoms in total. The van der Waals surface area contributed by atoms with Crippen molar-refractivity contribution in [1.29, 1.82) is 0 Å². The summed E-state index contributed by atoms with van der Waals surface area (Å²) in [5.74, 6) is -0.763. The molecule has 1 saturated carbocycles. The number of nitrogens with zero attached hydrogens (tertiary/aromatic N) is 2. The Hall–Kier alpha value is -2.14. The fraction of sp³-hybridized carbons (Fsp3) is 0.565. The molecule has 4 rings (SSSR count). The molecule has 1 aromatic carbocycles. The van der Waals surface area contributed by atoms with E-state index in [2.05, 4.69) is 4.98 Å². The second-order valence-electron chi connectivity index (χ2n) is 9.28. The second-order valence-corrected chi connectivity index (χ2v) is 10.7. The number of ether oxygens (including phenoxy) is 1. The Morgan fingerprint density at radius 1 is 1.43 bits per heavy atom. The maximum atomic E-state index is 14.6. The highest BCUT2D eigenvalue weighted by Crippen LogP contribution is 2.61. The van der Waals surface area contributed by atoms with E-state index >= 15 is 0 Å². The number of hydrogen-bond acceptors (Lipinski definition) is 8. The van der Waals surface area contributed by atoms with Gasteiger partial charge in [-0.05, 0) is 25.0 Å². The first-order valence-corrected chi connectivity index (χ1v) is 13.1. The molecule has 4 N–H and O–H groups in total. The minimum absolute atomic E-state index is 0.110. The lowest BCUT2D eigenvalue weighted by Crippen LogP contribution is -2.30. The monoisotopic (exact) mass is 511 g/mol. The van der Waals surface area contributed by atoms with Crippen molar-refractivity contribution in [2.75, 3.05) is 12.3 Å². The van der Waals surface area contributed by atoms with Crippen LogP contribution in [0.3, 0.4) is 0 Å². The van der Waals surface area contributed by atoms with Gasteiger partial charge in [0.25, 0.3) is 0 Å². The molecule has 2 heterocycles. The maximum absolute atomic E-state index is 14.6. The lowest BCUT2D eigenvalue weighted by molar-refractivity contribution is -0.0394. The Morgan fingerprint density at radius 3 is 2.86 bits per heavy atom. The Bertz CT molecular complexity index is 1190. The van der Waals surface area contributed by atoms with Crippen molar-refractivity contribution in [2.45, 2.75) is 70.0 Å². The second kappa shape index (κ2) is 9.72. The molecule has 2 unspecified atom stereocenters.